The summed E-state index contributed by atoms with van der Waals surface area (Å²) in [7, 11) is 4.20. The van der Waals surface area contributed by atoms with E-state index in [1.807, 2.05) is 13.0 Å². The maximum Gasteiger partial charge on any atom is 0.332 e. The number of hydrogen-bond donors (Lipinski definition) is 0. The maximum atomic E-state index is 13.9. The number of nitrogens with zero attached hydrogens (tertiary/aromatic N) is 4. The van der Waals surface area contributed by atoms with Crippen molar-refractivity contribution < 1.29 is 9.13 Å². The number of benzene rings is 1. The molecule has 1 aromatic heterocycles. The quantitative estimate of drug-likeness (QED) is 0.811. The first-order valence-corrected chi connectivity index (χ1v) is 7.63. The van der Waals surface area contributed by atoms with E-state index in [0.29, 0.717) is 12.1 Å². The second-order valence-electron chi connectivity index (χ2n) is 5.50. The summed E-state index contributed by atoms with van der Waals surface area (Å²) >= 11 is 0. The standard InChI is InChI=1S/C17H19FN4O3/c1-5-22(10-11-6-7-14(25-4)13(18)8-11)15-12(9-19)16(23)21(3)17(24)20(15)2/h6-8H,5,10H2,1-4H3. The van der Waals surface area contributed by atoms with Crippen LogP contribution in [-0.4, -0.2) is 22.8 Å². The third-order valence-electron chi connectivity index (χ3n) is 4.02. The predicted molar refractivity (Wildman–Crippen MR) is 91.3 cm³/mol. The van der Waals surface area contributed by atoms with Gasteiger partial charge in [0.2, 0.25) is 0 Å². The lowest BCUT2D eigenvalue weighted by molar-refractivity contribution is 0.386. The largest absolute Gasteiger partial charge is 0.494 e. The zero-order valence-electron chi connectivity index (χ0n) is 14.5. The van der Waals surface area contributed by atoms with Crippen LogP contribution >= 0.6 is 0 Å². The van der Waals surface area contributed by atoms with Gasteiger partial charge in [-0.05, 0) is 24.6 Å². The molecule has 0 aliphatic rings. The molecule has 0 aliphatic heterocycles. The number of methoxy groups -OCH3 is 1. The molecule has 0 N–H and O–H groups in total. The zero-order chi connectivity index (χ0) is 18.7. The first kappa shape index (κ1) is 18.3. The lowest BCUT2D eigenvalue weighted by Crippen LogP contribution is -2.42. The molecule has 0 amide bonds. The second-order valence-corrected chi connectivity index (χ2v) is 5.50. The van der Waals surface area contributed by atoms with Gasteiger partial charge in [-0.15, -0.1) is 0 Å². The van der Waals surface area contributed by atoms with Crippen LogP contribution in [-0.2, 0) is 20.6 Å². The fourth-order valence-electron chi connectivity index (χ4n) is 2.67. The van der Waals surface area contributed by atoms with E-state index in [9.17, 15) is 19.2 Å². The van der Waals surface area contributed by atoms with Gasteiger partial charge in [0.15, 0.2) is 17.1 Å². The molecule has 0 bridgehead atoms. The molecule has 2 aromatic rings. The minimum Gasteiger partial charge on any atom is -0.494 e. The first-order chi connectivity index (χ1) is 11.8. The summed E-state index contributed by atoms with van der Waals surface area (Å²) in [5, 5.41) is 9.38. The van der Waals surface area contributed by atoms with Gasteiger partial charge in [-0.1, -0.05) is 6.07 Å². The molecule has 0 atom stereocenters. The van der Waals surface area contributed by atoms with Crippen molar-refractivity contribution in [3.05, 3.63) is 56.0 Å². The number of aromatic nitrogens is 2. The van der Waals surface area contributed by atoms with Crippen molar-refractivity contribution in [3.8, 4) is 11.8 Å². The second kappa shape index (κ2) is 7.21. The zero-order valence-corrected chi connectivity index (χ0v) is 14.5. The minimum absolute atomic E-state index is 0.125. The van der Waals surface area contributed by atoms with Crippen LogP contribution in [0.15, 0.2) is 27.8 Å². The molecule has 0 spiro atoms. The Morgan fingerprint density at radius 1 is 1.28 bits per heavy atom. The molecular formula is C17H19FN4O3. The number of halogens is 1. The van der Waals surface area contributed by atoms with Crippen LogP contribution in [0.5, 0.6) is 5.75 Å². The van der Waals surface area contributed by atoms with E-state index in [1.54, 1.807) is 11.0 Å². The fourth-order valence-corrected chi connectivity index (χ4v) is 2.67. The highest BCUT2D eigenvalue weighted by Crippen LogP contribution is 2.21. The van der Waals surface area contributed by atoms with Gasteiger partial charge in [0.25, 0.3) is 5.56 Å². The Balaban J connectivity index is 2.56. The van der Waals surface area contributed by atoms with Gasteiger partial charge < -0.3 is 9.64 Å². The topological polar surface area (TPSA) is 80.3 Å². The van der Waals surface area contributed by atoms with Gasteiger partial charge >= 0.3 is 5.69 Å². The first-order valence-electron chi connectivity index (χ1n) is 7.63. The molecule has 1 aromatic carbocycles. The van der Waals surface area contributed by atoms with Crippen LogP contribution in [0.4, 0.5) is 10.2 Å². The van der Waals surface area contributed by atoms with Crippen molar-refractivity contribution in [2.45, 2.75) is 13.5 Å². The van der Waals surface area contributed by atoms with Crippen LogP contribution in [0.1, 0.15) is 18.1 Å². The molecule has 25 heavy (non-hydrogen) atoms. The summed E-state index contributed by atoms with van der Waals surface area (Å²) in [6.07, 6.45) is 0. The van der Waals surface area contributed by atoms with E-state index in [-0.39, 0.29) is 23.7 Å². The van der Waals surface area contributed by atoms with Crippen molar-refractivity contribution in [2.24, 2.45) is 14.1 Å². The molecule has 0 fully saturated rings. The maximum absolute atomic E-state index is 13.9. The van der Waals surface area contributed by atoms with Gasteiger partial charge in [-0.2, -0.15) is 5.26 Å². The van der Waals surface area contributed by atoms with E-state index >= 15 is 0 Å². The van der Waals surface area contributed by atoms with E-state index in [2.05, 4.69) is 0 Å². The van der Waals surface area contributed by atoms with Crippen molar-refractivity contribution in [1.82, 2.24) is 9.13 Å². The summed E-state index contributed by atoms with van der Waals surface area (Å²) in [5.41, 5.74) is -0.684. The normalized spacial score (nSPS) is 10.4. The van der Waals surface area contributed by atoms with E-state index in [0.717, 1.165) is 4.57 Å². The highest BCUT2D eigenvalue weighted by Gasteiger charge is 2.20. The Kier molecular flexibility index (Phi) is 5.27. The van der Waals surface area contributed by atoms with Crippen LogP contribution < -0.4 is 20.9 Å². The molecule has 0 saturated heterocycles. The Bertz CT molecular complexity index is 956. The summed E-state index contributed by atoms with van der Waals surface area (Å²) in [6, 6.07) is 6.40. The SMILES string of the molecule is CCN(Cc1ccc(OC)c(F)c1)c1c(C#N)c(=O)n(C)c(=O)n1C. The van der Waals surface area contributed by atoms with E-state index < -0.39 is 17.1 Å². The summed E-state index contributed by atoms with van der Waals surface area (Å²) in [5.74, 6) is -0.158. The smallest absolute Gasteiger partial charge is 0.332 e. The molecular weight excluding hydrogens is 327 g/mol. The van der Waals surface area contributed by atoms with Crippen molar-refractivity contribution in [3.63, 3.8) is 0 Å². The van der Waals surface area contributed by atoms with Crippen LogP contribution in [0.2, 0.25) is 0 Å². The average molecular weight is 346 g/mol. The predicted octanol–water partition coefficient (Wildman–Crippen LogP) is 1.13. The molecule has 7 nitrogen and oxygen atoms in total. The Hall–Kier alpha value is -3.08. The van der Waals surface area contributed by atoms with Crippen molar-refractivity contribution >= 4 is 5.82 Å². The molecule has 132 valence electrons. The van der Waals surface area contributed by atoms with Crippen LogP contribution in [0.3, 0.4) is 0 Å². The van der Waals surface area contributed by atoms with Gasteiger partial charge in [-0.25, -0.2) is 9.18 Å². The van der Waals surface area contributed by atoms with Crippen molar-refractivity contribution in [2.75, 3.05) is 18.6 Å². The number of hydrogen-bond acceptors (Lipinski definition) is 5. The highest BCUT2D eigenvalue weighted by molar-refractivity contribution is 5.54. The number of anilines is 1. The van der Waals surface area contributed by atoms with Gasteiger partial charge in [0.1, 0.15) is 11.9 Å². The van der Waals surface area contributed by atoms with Crippen molar-refractivity contribution in [1.29, 1.82) is 5.26 Å². The monoisotopic (exact) mass is 346 g/mol. The van der Waals surface area contributed by atoms with Gasteiger partial charge in [-0.3, -0.25) is 13.9 Å². The molecule has 2 rings (SSSR count). The third kappa shape index (κ3) is 3.26. The lowest BCUT2D eigenvalue weighted by Gasteiger charge is -2.26. The average Bonchev–Trinajstić information content (AvgIpc) is 2.61. The summed E-state index contributed by atoms with van der Waals surface area (Å²) in [6.45, 7) is 2.47. The molecule has 0 radical (unpaired) electrons. The molecule has 0 unspecified atom stereocenters. The van der Waals surface area contributed by atoms with Gasteiger partial charge in [0, 0.05) is 27.2 Å². The number of ether oxygens (including phenoxy) is 1. The highest BCUT2D eigenvalue weighted by atomic mass is 19.1. The Morgan fingerprint density at radius 3 is 2.48 bits per heavy atom. The van der Waals surface area contributed by atoms with E-state index in [1.165, 1.54) is 37.9 Å². The van der Waals surface area contributed by atoms with Crippen LogP contribution in [0.25, 0.3) is 0 Å². The summed E-state index contributed by atoms with van der Waals surface area (Å²) < 4.78 is 20.9. The molecule has 0 aliphatic carbocycles. The number of nitriles is 1. The minimum atomic E-state index is -0.653. The number of rotatable bonds is 5. The molecule has 0 saturated carbocycles. The Labute approximate surface area is 144 Å². The molecule has 1 heterocycles. The lowest BCUT2D eigenvalue weighted by atomic mass is 10.2. The van der Waals surface area contributed by atoms with Crippen LogP contribution in [0, 0.1) is 17.1 Å². The fraction of sp³-hybridized carbons (Fsp3) is 0.353. The van der Waals surface area contributed by atoms with E-state index in [4.69, 9.17) is 4.74 Å². The third-order valence-corrected chi connectivity index (χ3v) is 4.02. The summed E-state index contributed by atoms with van der Waals surface area (Å²) in [4.78, 5) is 26.1. The molecule has 8 heteroatoms. The Morgan fingerprint density at radius 2 is 1.96 bits per heavy atom. The van der Waals surface area contributed by atoms with Gasteiger partial charge in [0.05, 0.1) is 7.11 Å².